The van der Waals surface area contributed by atoms with Gasteiger partial charge in [0.25, 0.3) is 11.6 Å². The van der Waals surface area contributed by atoms with Gasteiger partial charge in [-0.25, -0.2) is 17.6 Å². The number of hydrogen-bond donors (Lipinski definition) is 0. The van der Waals surface area contributed by atoms with Crippen molar-refractivity contribution in [3.05, 3.63) is 80.6 Å². The van der Waals surface area contributed by atoms with Crippen molar-refractivity contribution in [2.75, 3.05) is 31.1 Å². The van der Waals surface area contributed by atoms with E-state index in [0.29, 0.717) is 0 Å². The van der Waals surface area contributed by atoms with Crippen LogP contribution in [0.25, 0.3) is 11.3 Å². The highest BCUT2D eigenvalue weighted by Gasteiger charge is 2.32. The number of amides is 1. The summed E-state index contributed by atoms with van der Waals surface area (Å²) in [6, 6.07) is 8.67. The summed E-state index contributed by atoms with van der Waals surface area (Å²) in [5.41, 5.74) is -0.881. The van der Waals surface area contributed by atoms with Gasteiger partial charge in [0.05, 0.1) is 10.5 Å². The summed E-state index contributed by atoms with van der Waals surface area (Å²) < 4.78 is 61.5. The standard InChI is InChI=1S/C21H14ClF4N3O4/c22-15-16(23)18(25)20(19(26)17(15)24)27-7-9-28(10-8-27)21(30)14-6-5-13(33-14)11-3-1-2-4-12(11)29(31)32/h1-6H,7-10H2. The van der Waals surface area contributed by atoms with Crippen LogP contribution in [-0.4, -0.2) is 41.9 Å². The molecule has 0 saturated carbocycles. The Morgan fingerprint density at radius 1 is 0.939 bits per heavy atom. The number of nitrogens with zero attached hydrogens (tertiary/aromatic N) is 3. The largest absolute Gasteiger partial charge is 0.451 e. The van der Waals surface area contributed by atoms with Crippen LogP contribution in [0.1, 0.15) is 10.6 Å². The molecule has 4 rings (SSSR count). The van der Waals surface area contributed by atoms with Crippen molar-refractivity contribution in [2.24, 2.45) is 0 Å². The van der Waals surface area contributed by atoms with Gasteiger partial charge in [0.2, 0.25) is 0 Å². The molecule has 3 aromatic rings. The molecule has 0 atom stereocenters. The zero-order valence-electron chi connectivity index (χ0n) is 16.7. The fourth-order valence-electron chi connectivity index (χ4n) is 3.60. The minimum absolute atomic E-state index is 0.0227. The van der Waals surface area contributed by atoms with E-state index in [2.05, 4.69) is 0 Å². The maximum atomic E-state index is 14.2. The molecule has 1 aliphatic rings. The van der Waals surface area contributed by atoms with E-state index in [0.717, 1.165) is 4.90 Å². The summed E-state index contributed by atoms with van der Waals surface area (Å²) in [6.45, 7) is -0.272. The van der Waals surface area contributed by atoms with Crippen molar-refractivity contribution in [3.8, 4) is 11.3 Å². The summed E-state index contributed by atoms with van der Waals surface area (Å²) in [6.07, 6.45) is 0. The number of carbonyl (C=O) groups is 1. The third-order valence-corrected chi connectivity index (χ3v) is 5.58. The molecule has 2 heterocycles. The van der Waals surface area contributed by atoms with Crippen LogP contribution in [0.2, 0.25) is 5.02 Å². The maximum absolute atomic E-state index is 14.2. The van der Waals surface area contributed by atoms with E-state index in [1.54, 1.807) is 6.07 Å². The van der Waals surface area contributed by atoms with Gasteiger partial charge in [0.1, 0.15) is 16.5 Å². The highest BCUT2D eigenvalue weighted by molar-refractivity contribution is 6.31. The molecule has 0 radical (unpaired) electrons. The van der Waals surface area contributed by atoms with Crippen molar-refractivity contribution in [3.63, 3.8) is 0 Å². The first-order chi connectivity index (χ1) is 15.7. The molecule has 0 N–H and O–H groups in total. The Morgan fingerprint density at radius 2 is 1.55 bits per heavy atom. The lowest BCUT2D eigenvalue weighted by Crippen LogP contribution is -2.49. The molecular weight excluding hydrogens is 470 g/mol. The van der Waals surface area contributed by atoms with Crippen molar-refractivity contribution in [1.29, 1.82) is 0 Å². The summed E-state index contributed by atoms with van der Waals surface area (Å²) in [5, 5.41) is 9.95. The molecule has 0 unspecified atom stereocenters. The molecule has 7 nitrogen and oxygen atoms in total. The number of furan rings is 1. The lowest BCUT2D eigenvalue weighted by molar-refractivity contribution is -0.384. The molecule has 1 saturated heterocycles. The minimum atomic E-state index is -1.69. The van der Waals surface area contributed by atoms with Gasteiger partial charge in [0, 0.05) is 32.2 Å². The molecule has 172 valence electrons. The number of anilines is 1. The smallest absolute Gasteiger partial charge is 0.289 e. The van der Waals surface area contributed by atoms with E-state index >= 15 is 0 Å². The number of nitro benzene ring substituents is 1. The van der Waals surface area contributed by atoms with Crippen LogP contribution in [0.4, 0.5) is 28.9 Å². The van der Waals surface area contributed by atoms with Crippen molar-refractivity contribution in [1.82, 2.24) is 4.90 Å². The molecule has 12 heteroatoms. The van der Waals surface area contributed by atoms with Crippen LogP contribution in [0.3, 0.4) is 0 Å². The Hall–Kier alpha value is -3.60. The summed E-state index contributed by atoms with van der Waals surface area (Å²) in [4.78, 5) is 25.8. The number of piperazine rings is 1. The predicted octanol–water partition coefficient (Wildman–Crippen LogP) is 5.03. The fourth-order valence-corrected chi connectivity index (χ4v) is 3.76. The van der Waals surface area contributed by atoms with E-state index < -0.39 is 44.8 Å². The highest BCUT2D eigenvalue weighted by atomic mass is 35.5. The van der Waals surface area contributed by atoms with E-state index in [9.17, 15) is 32.5 Å². The summed E-state index contributed by atoms with van der Waals surface area (Å²) in [7, 11) is 0. The highest BCUT2D eigenvalue weighted by Crippen LogP contribution is 2.34. The van der Waals surface area contributed by atoms with Gasteiger partial charge in [0.15, 0.2) is 29.0 Å². The topological polar surface area (TPSA) is 79.8 Å². The Labute approximate surface area is 188 Å². The molecule has 0 spiro atoms. The van der Waals surface area contributed by atoms with Gasteiger partial charge in [-0.3, -0.25) is 14.9 Å². The maximum Gasteiger partial charge on any atom is 0.289 e. The lowest BCUT2D eigenvalue weighted by Gasteiger charge is -2.36. The minimum Gasteiger partial charge on any atom is -0.451 e. The zero-order chi connectivity index (χ0) is 23.9. The van der Waals surface area contributed by atoms with Gasteiger partial charge in [-0.1, -0.05) is 23.7 Å². The van der Waals surface area contributed by atoms with Crippen molar-refractivity contribution in [2.45, 2.75) is 0 Å². The molecule has 2 aromatic carbocycles. The van der Waals surface area contributed by atoms with Gasteiger partial charge < -0.3 is 14.2 Å². The molecule has 33 heavy (non-hydrogen) atoms. The van der Waals surface area contributed by atoms with Gasteiger partial charge >= 0.3 is 0 Å². The number of para-hydroxylation sites is 1. The van der Waals surface area contributed by atoms with E-state index in [1.165, 1.54) is 35.2 Å². The van der Waals surface area contributed by atoms with Crippen LogP contribution in [0.15, 0.2) is 40.8 Å². The summed E-state index contributed by atoms with van der Waals surface area (Å²) >= 11 is 5.26. The normalized spacial score (nSPS) is 14.0. The van der Waals surface area contributed by atoms with Crippen molar-refractivity contribution >= 4 is 28.9 Å². The average Bonchev–Trinajstić information content (AvgIpc) is 3.32. The number of rotatable bonds is 4. The van der Waals surface area contributed by atoms with Crippen LogP contribution in [0, 0.1) is 33.4 Å². The van der Waals surface area contributed by atoms with Gasteiger partial charge in [-0.05, 0) is 18.2 Å². The van der Waals surface area contributed by atoms with Crippen LogP contribution >= 0.6 is 11.6 Å². The third kappa shape index (κ3) is 3.99. The zero-order valence-corrected chi connectivity index (χ0v) is 17.4. The number of benzene rings is 2. The van der Waals surface area contributed by atoms with E-state index in [1.807, 2.05) is 0 Å². The van der Waals surface area contributed by atoms with Gasteiger partial charge in [-0.15, -0.1) is 0 Å². The molecular formula is C21H14ClF4N3O4. The third-order valence-electron chi connectivity index (χ3n) is 5.25. The van der Waals surface area contributed by atoms with Gasteiger partial charge in [-0.2, -0.15) is 0 Å². The number of nitro groups is 1. The molecule has 1 amide bonds. The Balaban J connectivity index is 1.50. The lowest BCUT2D eigenvalue weighted by atomic mass is 10.1. The first kappa shape index (κ1) is 22.6. The molecule has 0 aliphatic carbocycles. The number of hydrogen-bond acceptors (Lipinski definition) is 5. The van der Waals surface area contributed by atoms with E-state index in [-0.39, 0.29) is 49.0 Å². The quantitative estimate of drug-likeness (QED) is 0.171. The van der Waals surface area contributed by atoms with Crippen LogP contribution < -0.4 is 4.90 Å². The first-order valence-electron chi connectivity index (χ1n) is 9.60. The molecule has 1 aromatic heterocycles. The van der Waals surface area contributed by atoms with Crippen molar-refractivity contribution < 1.29 is 31.7 Å². The van der Waals surface area contributed by atoms with Crippen LogP contribution in [0.5, 0.6) is 0 Å². The average molecular weight is 484 g/mol. The number of carbonyl (C=O) groups excluding carboxylic acids is 1. The monoisotopic (exact) mass is 483 g/mol. The molecule has 0 bridgehead atoms. The Morgan fingerprint density at radius 3 is 2.15 bits per heavy atom. The van der Waals surface area contributed by atoms with Crippen LogP contribution in [-0.2, 0) is 0 Å². The Kier molecular flexibility index (Phi) is 5.98. The Bertz CT molecular complexity index is 1230. The fraction of sp³-hybridized carbons (Fsp3) is 0.190. The number of halogens is 5. The SMILES string of the molecule is O=C(c1ccc(-c2ccccc2[N+](=O)[O-])o1)N1CCN(c2c(F)c(F)c(Cl)c(F)c2F)CC1. The first-order valence-corrected chi connectivity index (χ1v) is 9.97. The molecule has 1 fully saturated rings. The predicted molar refractivity (Wildman–Crippen MR) is 110 cm³/mol. The summed E-state index contributed by atoms with van der Waals surface area (Å²) in [5.74, 6) is -7.12. The second-order valence-corrected chi connectivity index (χ2v) is 7.51. The molecule has 1 aliphatic heterocycles. The second-order valence-electron chi connectivity index (χ2n) is 7.14. The van der Waals surface area contributed by atoms with E-state index in [4.69, 9.17) is 16.0 Å². The second kappa shape index (κ2) is 8.74.